The summed E-state index contributed by atoms with van der Waals surface area (Å²) in [6.07, 6.45) is 3.90. The highest BCUT2D eigenvalue weighted by atomic mass is 16.5. The number of rotatable bonds is 10. The van der Waals surface area contributed by atoms with E-state index in [0.717, 1.165) is 45.1 Å². The number of hydrogen-bond donors (Lipinski definition) is 1. The molecule has 0 bridgehead atoms. The van der Waals surface area contributed by atoms with Crippen molar-refractivity contribution >= 4 is 0 Å². The lowest BCUT2D eigenvalue weighted by Crippen LogP contribution is -2.62. The van der Waals surface area contributed by atoms with Crippen LogP contribution < -0.4 is 5.32 Å². The highest BCUT2D eigenvalue weighted by Gasteiger charge is 2.50. The molecule has 1 N–H and O–H groups in total. The van der Waals surface area contributed by atoms with Gasteiger partial charge in [0.15, 0.2) is 0 Å². The molecule has 0 spiro atoms. The molecule has 1 saturated carbocycles. The molecule has 1 aliphatic carbocycles. The molecule has 0 heterocycles. The molecule has 0 saturated heterocycles. The first kappa shape index (κ1) is 16.9. The summed E-state index contributed by atoms with van der Waals surface area (Å²) in [6, 6.07) is 0.586. The van der Waals surface area contributed by atoms with Gasteiger partial charge in [-0.15, -0.1) is 0 Å². The van der Waals surface area contributed by atoms with Crippen LogP contribution in [0.5, 0.6) is 0 Å². The molecular weight excluding hydrogens is 238 g/mol. The molecule has 0 radical (unpaired) electrons. The van der Waals surface area contributed by atoms with Crippen LogP contribution in [0, 0.1) is 11.3 Å². The third-order valence-electron chi connectivity index (χ3n) is 4.59. The average molecular weight is 271 g/mol. The van der Waals surface area contributed by atoms with Gasteiger partial charge in [0.1, 0.15) is 0 Å². The van der Waals surface area contributed by atoms with Crippen LogP contribution in [0.4, 0.5) is 0 Å². The quantitative estimate of drug-likeness (QED) is 0.619. The van der Waals surface area contributed by atoms with E-state index in [-0.39, 0.29) is 0 Å². The Morgan fingerprint density at radius 3 is 2.58 bits per heavy atom. The maximum absolute atomic E-state index is 5.81. The van der Waals surface area contributed by atoms with E-state index in [2.05, 4.69) is 39.9 Å². The van der Waals surface area contributed by atoms with Crippen LogP contribution in [-0.2, 0) is 9.47 Å². The predicted octanol–water partition coefficient (Wildman–Crippen LogP) is 3.23. The Balaban J connectivity index is 2.13. The molecule has 1 rings (SSSR count). The van der Waals surface area contributed by atoms with Crippen LogP contribution in [0.1, 0.15) is 53.9 Å². The summed E-state index contributed by atoms with van der Waals surface area (Å²) in [6.45, 7) is 14.6. The fraction of sp³-hybridized carbons (Fsp3) is 1.00. The molecule has 0 aromatic heterocycles. The second-order valence-electron chi connectivity index (χ2n) is 6.34. The van der Waals surface area contributed by atoms with E-state index < -0.39 is 0 Å². The lowest BCUT2D eigenvalue weighted by molar-refractivity contribution is -0.126. The van der Waals surface area contributed by atoms with E-state index in [4.69, 9.17) is 9.47 Å². The Morgan fingerprint density at radius 1 is 1.26 bits per heavy atom. The Kier molecular flexibility index (Phi) is 7.33. The summed E-state index contributed by atoms with van der Waals surface area (Å²) < 4.78 is 11.5. The van der Waals surface area contributed by atoms with Gasteiger partial charge in [-0.25, -0.2) is 0 Å². The zero-order valence-corrected chi connectivity index (χ0v) is 13.5. The zero-order valence-electron chi connectivity index (χ0n) is 13.5. The van der Waals surface area contributed by atoms with Gasteiger partial charge in [-0.3, -0.25) is 0 Å². The van der Waals surface area contributed by atoms with Gasteiger partial charge in [-0.2, -0.15) is 0 Å². The summed E-state index contributed by atoms with van der Waals surface area (Å²) >= 11 is 0. The average Bonchev–Trinajstić information content (AvgIpc) is 2.38. The molecule has 1 aliphatic rings. The smallest absolute Gasteiger partial charge is 0.0658 e. The maximum Gasteiger partial charge on any atom is 0.0658 e. The number of ether oxygens (including phenoxy) is 2. The standard InChI is InChI=1S/C16H33NO2/c1-6-16(5)14(12-15(16)19-7-2)17-9-11-18-10-8-13(3)4/h13-15,17H,6-12H2,1-5H3. The number of nitrogens with one attached hydrogen (secondary N) is 1. The minimum atomic E-state index is 0.300. The molecule has 0 amide bonds. The van der Waals surface area contributed by atoms with Crippen LogP contribution in [0.15, 0.2) is 0 Å². The molecule has 0 aliphatic heterocycles. The molecule has 3 heteroatoms. The van der Waals surface area contributed by atoms with E-state index in [0.29, 0.717) is 17.6 Å². The fourth-order valence-corrected chi connectivity index (χ4v) is 2.79. The molecule has 3 unspecified atom stereocenters. The molecule has 1 fully saturated rings. The first-order valence-electron chi connectivity index (χ1n) is 7.97. The van der Waals surface area contributed by atoms with Gasteiger partial charge < -0.3 is 14.8 Å². The van der Waals surface area contributed by atoms with Crippen molar-refractivity contribution in [2.24, 2.45) is 11.3 Å². The van der Waals surface area contributed by atoms with Crippen molar-refractivity contribution in [2.45, 2.75) is 66.0 Å². The second-order valence-corrected chi connectivity index (χ2v) is 6.34. The van der Waals surface area contributed by atoms with Crippen LogP contribution in [-0.4, -0.2) is 38.5 Å². The maximum atomic E-state index is 5.81. The van der Waals surface area contributed by atoms with Gasteiger partial charge in [0.05, 0.1) is 12.7 Å². The van der Waals surface area contributed by atoms with Gasteiger partial charge in [-0.05, 0) is 32.1 Å². The third kappa shape index (κ3) is 4.73. The Morgan fingerprint density at radius 2 is 2.00 bits per heavy atom. The summed E-state index contributed by atoms with van der Waals surface area (Å²) in [5.74, 6) is 0.731. The van der Waals surface area contributed by atoms with Crippen LogP contribution in [0.25, 0.3) is 0 Å². The Labute approximate surface area is 119 Å². The Bertz CT molecular complexity index is 245. The first-order chi connectivity index (χ1) is 9.04. The molecule has 0 aromatic carbocycles. The topological polar surface area (TPSA) is 30.5 Å². The lowest BCUT2D eigenvalue weighted by Gasteiger charge is -2.53. The Hall–Kier alpha value is -0.120. The first-order valence-corrected chi connectivity index (χ1v) is 7.97. The third-order valence-corrected chi connectivity index (χ3v) is 4.59. The van der Waals surface area contributed by atoms with Crippen molar-refractivity contribution in [1.82, 2.24) is 5.32 Å². The van der Waals surface area contributed by atoms with E-state index >= 15 is 0 Å². The van der Waals surface area contributed by atoms with Gasteiger partial charge in [0, 0.05) is 31.2 Å². The van der Waals surface area contributed by atoms with Crippen LogP contribution in [0.2, 0.25) is 0 Å². The van der Waals surface area contributed by atoms with E-state index in [1.165, 1.54) is 6.42 Å². The van der Waals surface area contributed by atoms with Gasteiger partial charge >= 0.3 is 0 Å². The minimum absolute atomic E-state index is 0.300. The van der Waals surface area contributed by atoms with E-state index in [9.17, 15) is 0 Å². The zero-order chi connectivity index (χ0) is 14.3. The molecular formula is C16H33NO2. The lowest BCUT2D eigenvalue weighted by atomic mass is 9.61. The van der Waals surface area contributed by atoms with Crippen molar-refractivity contribution in [2.75, 3.05) is 26.4 Å². The fourth-order valence-electron chi connectivity index (χ4n) is 2.79. The van der Waals surface area contributed by atoms with Crippen molar-refractivity contribution in [1.29, 1.82) is 0 Å². The van der Waals surface area contributed by atoms with Crippen molar-refractivity contribution in [3.05, 3.63) is 0 Å². The molecule has 114 valence electrons. The molecule has 19 heavy (non-hydrogen) atoms. The summed E-state index contributed by atoms with van der Waals surface area (Å²) in [5.41, 5.74) is 0.300. The normalized spacial score (nSPS) is 30.6. The SMILES string of the molecule is CCOC1CC(NCCOCCC(C)C)C1(C)CC. The van der Waals surface area contributed by atoms with Crippen LogP contribution in [0.3, 0.4) is 0 Å². The summed E-state index contributed by atoms with van der Waals surface area (Å²) in [5, 5.41) is 3.63. The summed E-state index contributed by atoms with van der Waals surface area (Å²) in [4.78, 5) is 0. The second kappa shape index (κ2) is 8.23. The molecule has 3 atom stereocenters. The summed E-state index contributed by atoms with van der Waals surface area (Å²) in [7, 11) is 0. The van der Waals surface area contributed by atoms with Crippen molar-refractivity contribution in [3.63, 3.8) is 0 Å². The van der Waals surface area contributed by atoms with E-state index in [1.54, 1.807) is 0 Å². The van der Waals surface area contributed by atoms with Gasteiger partial charge in [-0.1, -0.05) is 27.7 Å². The van der Waals surface area contributed by atoms with Gasteiger partial charge in [0.2, 0.25) is 0 Å². The monoisotopic (exact) mass is 271 g/mol. The van der Waals surface area contributed by atoms with Crippen LogP contribution >= 0.6 is 0 Å². The highest BCUT2D eigenvalue weighted by Crippen LogP contribution is 2.45. The highest BCUT2D eigenvalue weighted by molar-refractivity contribution is 5.04. The molecule has 3 nitrogen and oxygen atoms in total. The van der Waals surface area contributed by atoms with Crippen molar-refractivity contribution < 1.29 is 9.47 Å². The number of hydrogen-bond acceptors (Lipinski definition) is 3. The molecule has 0 aromatic rings. The van der Waals surface area contributed by atoms with Gasteiger partial charge in [0.25, 0.3) is 0 Å². The predicted molar refractivity (Wildman–Crippen MR) is 80.5 cm³/mol. The minimum Gasteiger partial charge on any atom is -0.380 e. The van der Waals surface area contributed by atoms with E-state index in [1.807, 2.05) is 0 Å². The van der Waals surface area contributed by atoms with Crippen molar-refractivity contribution in [3.8, 4) is 0 Å². The largest absolute Gasteiger partial charge is 0.380 e.